The summed E-state index contributed by atoms with van der Waals surface area (Å²) in [7, 11) is 0. The highest BCUT2D eigenvalue weighted by atomic mass is 15.2. The maximum atomic E-state index is 7.48. The molecule has 0 radical (unpaired) electrons. The van der Waals surface area contributed by atoms with Gasteiger partial charge in [-0.2, -0.15) is 0 Å². The topological polar surface area (TPSA) is 81.0 Å². The van der Waals surface area contributed by atoms with Crippen molar-refractivity contribution in [2.45, 2.75) is 40.2 Å². The van der Waals surface area contributed by atoms with Crippen LogP contribution in [0.25, 0.3) is 0 Å². The number of aromatic nitrogens is 3. The Morgan fingerprint density at radius 1 is 1.50 bits per heavy atom. The third-order valence-corrected chi connectivity index (χ3v) is 4.17. The summed E-state index contributed by atoms with van der Waals surface area (Å²) >= 11 is 0. The van der Waals surface area contributed by atoms with Gasteiger partial charge in [-0.25, -0.2) is 9.98 Å². The molecule has 0 spiro atoms. The number of aryl methyl sites for hydroxylation is 1. The molecule has 3 rings (SSSR count). The number of nitrogens with zero attached hydrogens (tertiary/aromatic N) is 4. The van der Waals surface area contributed by atoms with E-state index in [0.717, 1.165) is 61.0 Å². The number of hydrogen-bond acceptors (Lipinski definition) is 3. The molecule has 0 bridgehead atoms. The van der Waals surface area contributed by atoms with Crippen LogP contribution in [-0.2, 0) is 19.4 Å². The minimum Gasteiger partial charge on any atom is -0.350 e. The summed E-state index contributed by atoms with van der Waals surface area (Å²) in [4.78, 5) is 19.0. The first-order valence-corrected chi connectivity index (χ1v) is 8.38. The number of aromatic amines is 1. The molecule has 0 saturated carbocycles. The highest BCUT2D eigenvalue weighted by Crippen LogP contribution is 2.21. The van der Waals surface area contributed by atoms with E-state index in [4.69, 9.17) is 5.41 Å². The summed E-state index contributed by atoms with van der Waals surface area (Å²) in [6.45, 7) is 7.93. The van der Waals surface area contributed by atoms with Gasteiger partial charge in [-0.3, -0.25) is 10.4 Å². The van der Waals surface area contributed by atoms with Crippen LogP contribution < -0.4 is 0 Å². The third-order valence-electron chi connectivity index (χ3n) is 4.17. The van der Waals surface area contributed by atoms with Crippen molar-refractivity contribution in [3.63, 3.8) is 0 Å². The van der Waals surface area contributed by atoms with Gasteiger partial charge in [0.2, 0.25) is 0 Å². The Labute approximate surface area is 142 Å². The summed E-state index contributed by atoms with van der Waals surface area (Å²) in [5, 5.41) is 7.48. The van der Waals surface area contributed by atoms with E-state index in [0.29, 0.717) is 5.92 Å². The second kappa shape index (κ2) is 6.95. The third kappa shape index (κ3) is 3.37. The summed E-state index contributed by atoms with van der Waals surface area (Å²) < 4.78 is 0. The van der Waals surface area contributed by atoms with Crippen LogP contribution in [0.3, 0.4) is 0 Å². The first kappa shape index (κ1) is 16.4. The van der Waals surface area contributed by atoms with Crippen molar-refractivity contribution in [2.24, 2.45) is 10.9 Å². The molecule has 126 valence electrons. The quantitative estimate of drug-likeness (QED) is 0.670. The maximum Gasteiger partial charge on any atom is 0.158 e. The van der Waals surface area contributed by atoms with E-state index in [1.165, 1.54) is 5.56 Å². The molecule has 0 aliphatic carbocycles. The normalized spacial score (nSPS) is 14.8. The highest BCUT2D eigenvalue weighted by molar-refractivity contribution is 6.01. The number of pyridine rings is 1. The summed E-state index contributed by atoms with van der Waals surface area (Å²) in [6, 6.07) is 4.08. The largest absolute Gasteiger partial charge is 0.350 e. The van der Waals surface area contributed by atoms with Gasteiger partial charge in [0.25, 0.3) is 0 Å². The molecule has 2 N–H and O–H groups in total. The van der Waals surface area contributed by atoms with Crippen LogP contribution in [0.2, 0.25) is 0 Å². The Kier molecular flexibility index (Phi) is 4.74. The van der Waals surface area contributed by atoms with Crippen molar-refractivity contribution in [1.29, 1.82) is 5.41 Å². The Morgan fingerprint density at radius 2 is 2.33 bits per heavy atom. The molecule has 0 aromatic carbocycles. The van der Waals surface area contributed by atoms with Crippen LogP contribution in [0.1, 0.15) is 42.3 Å². The molecule has 24 heavy (non-hydrogen) atoms. The average Bonchev–Trinajstić information content (AvgIpc) is 2.91. The van der Waals surface area contributed by atoms with Crippen molar-refractivity contribution in [1.82, 2.24) is 19.9 Å². The van der Waals surface area contributed by atoms with E-state index in [1.54, 1.807) is 0 Å². The molecule has 1 aliphatic heterocycles. The van der Waals surface area contributed by atoms with Gasteiger partial charge in [0.15, 0.2) is 5.84 Å². The van der Waals surface area contributed by atoms with E-state index in [1.807, 2.05) is 19.2 Å². The van der Waals surface area contributed by atoms with Gasteiger partial charge < -0.3 is 9.88 Å². The van der Waals surface area contributed by atoms with Gasteiger partial charge in [-0.15, -0.1) is 0 Å². The Morgan fingerprint density at radius 3 is 3.08 bits per heavy atom. The summed E-state index contributed by atoms with van der Waals surface area (Å²) in [5.74, 6) is 2.19. The van der Waals surface area contributed by atoms with Gasteiger partial charge in [0, 0.05) is 37.1 Å². The fraction of sp³-hybridized carbons (Fsp3) is 0.444. The SMILES string of the molecule is Cc1nc(C(=NC=N)N2CCc3ncccc3C2)c(CC(C)C)[nH]1. The van der Waals surface area contributed by atoms with Crippen LogP contribution >= 0.6 is 0 Å². The minimum atomic E-state index is 0.524. The number of H-pyrrole nitrogens is 1. The Hall–Kier alpha value is -2.50. The number of rotatable bonds is 4. The van der Waals surface area contributed by atoms with E-state index in [9.17, 15) is 0 Å². The fourth-order valence-electron chi connectivity index (χ4n) is 3.18. The Balaban J connectivity index is 1.95. The molecule has 0 unspecified atom stereocenters. The molecule has 6 heteroatoms. The van der Waals surface area contributed by atoms with Crippen molar-refractivity contribution in [3.8, 4) is 0 Å². The predicted octanol–water partition coefficient (Wildman–Crippen LogP) is 2.72. The number of nitrogens with one attached hydrogen (secondary N) is 2. The molecule has 6 nitrogen and oxygen atoms in total. The molecule has 0 fully saturated rings. The molecule has 3 heterocycles. The lowest BCUT2D eigenvalue weighted by molar-refractivity contribution is 0.389. The van der Waals surface area contributed by atoms with Crippen LogP contribution in [0.4, 0.5) is 0 Å². The smallest absolute Gasteiger partial charge is 0.158 e. The molecule has 1 aliphatic rings. The van der Waals surface area contributed by atoms with Gasteiger partial charge in [0.05, 0.1) is 0 Å². The van der Waals surface area contributed by atoms with Crippen molar-refractivity contribution < 1.29 is 0 Å². The number of hydrogen-bond donors (Lipinski definition) is 2. The lowest BCUT2D eigenvalue weighted by Crippen LogP contribution is -2.37. The summed E-state index contributed by atoms with van der Waals surface area (Å²) in [5.41, 5.74) is 4.35. The van der Waals surface area contributed by atoms with Crippen LogP contribution in [0.15, 0.2) is 23.3 Å². The van der Waals surface area contributed by atoms with E-state index < -0.39 is 0 Å². The van der Waals surface area contributed by atoms with Crippen molar-refractivity contribution in [3.05, 3.63) is 46.8 Å². The van der Waals surface area contributed by atoms with E-state index in [2.05, 4.69) is 44.8 Å². The zero-order valence-electron chi connectivity index (χ0n) is 14.5. The summed E-state index contributed by atoms with van der Waals surface area (Å²) in [6.07, 6.45) is 4.76. The first-order valence-electron chi connectivity index (χ1n) is 8.38. The van der Waals surface area contributed by atoms with Crippen molar-refractivity contribution >= 4 is 12.2 Å². The highest BCUT2D eigenvalue weighted by Gasteiger charge is 2.24. The Bertz CT molecular complexity index is 759. The maximum absolute atomic E-state index is 7.48. The molecule has 2 aromatic rings. The fourth-order valence-corrected chi connectivity index (χ4v) is 3.18. The van der Waals surface area contributed by atoms with E-state index in [-0.39, 0.29) is 0 Å². The number of amidine groups is 1. The van der Waals surface area contributed by atoms with E-state index >= 15 is 0 Å². The van der Waals surface area contributed by atoms with Gasteiger partial charge in [0.1, 0.15) is 17.9 Å². The first-order chi connectivity index (χ1) is 11.6. The molecule has 0 atom stereocenters. The van der Waals surface area contributed by atoms with Crippen LogP contribution in [0.5, 0.6) is 0 Å². The molecule has 2 aromatic heterocycles. The van der Waals surface area contributed by atoms with Gasteiger partial charge in [-0.1, -0.05) is 19.9 Å². The number of aliphatic imine (C=N–C) groups is 1. The monoisotopic (exact) mass is 324 g/mol. The average molecular weight is 324 g/mol. The predicted molar refractivity (Wildman–Crippen MR) is 95.5 cm³/mol. The minimum absolute atomic E-state index is 0.524. The number of imidazole rings is 1. The second-order valence-corrected chi connectivity index (χ2v) is 6.61. The number of fused-ring (bicyclic) bond motifs is 1. The molecule has 0 saturated heterocycles. The zero-order valence-corrected chi connectivity index (χ0v) is 14.5. The second-order valence-electron chi connectivity index (χ2n) is 6.61. The zero-order chi connectivity index (χ0) is 17.1. The molecular weight excluding hydrogens is 300 g/mol. The molecular formula is C18H24N6. The molecule has 0 amide bonds. The standard InChI is InChI=1S/C18H24N6/c1-12(2)9-16-17(23-13(3)22-16)18(21-11-19)24-8-6-15-14(10-24)5-4-7-20-15/h4-5,7,11-12,19H,6,8-10H2,1-3H3,(H,22,23). The van der Waals surface area contributed by atoms with Gasteiger partial charge in [-0.05, 0) is 30.9 Å². The van der Waals surface area contributed by atoms with Crippen LogP contribution in [0, 0.1) is 18.3 Å². The van der Waals surface area contributed by atoms with Crippen molar-refractivity contribution in [2.75, 3.05) is 6.54 Å². The van der Waals surface area contributed by atoms with Gasteiger partial charge >= 0.3 is 0 Å². The van der Waals surface area contributed by atoms with Crippen LogP contribution in [-0.4, -0.2) is 38.6 Å². The lowest BCUT2D eigenvalue weighted by atomic mass is 10.0. The lowest BCUT2D eigenvalue weighted by Gasteiger charge is -2.30.